The molecule has 0 spiro atoms. The number of sulfone groups is 1. The Labute approximate surface area is 148 Å². The van der Waals surface area contributed by atoms with Gasteiger partial charge in [0, 0.05) is 23.5 Å². The van der Waals surface area contributed by atoms with Crippen LogP contribution in [0, 0.1) is 0 Å². The lowest BCUT2D eigenvalue weighted by molar-refractivity contribution is 0.102. The predicted octanol–water partition coefficient (Wildman–Crippen LogP) is 2.94. The van der Waals surface area contributed by atoms with Crippen LogP contribution >= 0.6 is 11.3 Å². The molecule has 2 N–H and O–H groups in total. The molecule has 2 aromatic heterocycles. The Balaban J connectivity index is 1.67. The second kappa shape index (κ2) is 6.99. The summed E-state index contributed by atoms with van der Waals surface area (Å²) in [6, 6.07) is 9.61. The van der Waals surface area contributed by atoms with Gasteiger partial charge < -0.3 is 10.6 Å². The minimum Gasteiger partial charge on any atom is -0.330 e. The van der Waals surface area contributed by atoms with Crippen molar-refractivity contribution in [3.8, 4) is 0 Å². The zero-order valence-electron chi connectivity index (χ0n) is 13.1. The number of nitrogens with zero attached hydrogens (tertiary/aromatic N) is 2. The molecule has 25 heavy (non-hydrogen) atoms. The maximum absolute atomic E-state index is 12.2. The van der Waals surface area contributed by atoms with Gasteiger partial charge in [0.15, 0.2) is 15.0 Å². The van der Waals surface area contributed by atoms with Gasteiger partial charge in [0.25, 0.3) is 5.91 Å². The van der Waals surface area contributed by atoms with Crippen LogP contribution in [0.5, 0.6) is 0 Å². The minimum absolute atomic E-state index is 0.196. The van der Waals surface area contributed by atoms with E-state index in [-0.39, 0.29) is 16.5 Å². The molecular formula is C16H14N4O3S2. The predicted molar refractivity (Wildman–Crippen MR) is 97.1 cm³/mol. The van der Waals surface area contributed by atoms with Crippen LogP contribution in [-0.4, -0.2) is 30.5 Å². The highest BCUT2D eigenvalue weighted by atomic mass is 32.2. The van der Waals surface area contributed by atoms with Gasteiger partial charge in [-0.2, -0.15) is 0 Å². The molecule has 9 heteroatoms. The van der Waals surface area contributed by atoms with Gasteiger partial charge in [0.2, 0.25) is 0 Å². The van der Waals surface area contributed by atoms with Gasteiger partial charge in [0.05, 0.1) is 16.8 Å². The topological polar surface area (TPSA) is 101 Å². The number of carbonyl (C=O) groups excluding carboxylic acids is 1. The fourth-order valence-electron chi connectivity index (χ4n) is 1.98. The second-order valence-corrected chi connectivity index (χ2v) is 8.03. The lowest BCUT2D eigenvalue weighted by Gasteiger charge is -2.04. The third kappa shape index (κ3) is 4.40. The highest BCUT2D eigenvalue weighted by Gasteiger charge is 2.12. The van der Waals surface area contributed by atoms with Crippen LogP contribution in [0.15, 0.2) is 59.1 Å². The van der Waals surface area contributed by atoms with E-state index in [1.807, 2.05) is 6.07 Å². The summed E-state index contributed by atoms with van der Waals surface area (Å²) in [4.78, 5) is 20.7. The molecule has 0 aliphatic carbocycles. The van der Waals surface area contributed by atoms with Gasteiger partial charge in [-0.15, -0.1) is 11.3 Å². The molecule has 0 radical (unpaired) electrons. The van der Waals surface area contributed by atoms with Crippen molar-refractivity contribution in [2.24, 2.45) is 0 Å². The quantitative estimate of drug-likeness (QED) is 0.712. The van der Waals surface area contributed by atoms with E-state index in [1.165, 1.54) is 35.6 Å². The lowest BCUT2D eigenvalue weighted by Crippen LogP contribution is -2.12. The summed E-state index contributed by atoms with van der Waals surface area (Å²) in [5.74, 6) is -0.373. The molecule has 0 atom stereocenters. The van der Waals surface area contributed by atoms with E-state index in [4.69, 9.17) is 0 Å². The van der Waals surface area contributed by atoms with E-state index in [0.717, 1.165) is 11.9 Å². The van der Waals surface area contributed by atoms with Crippen LogP contribution in [0.3, 0.4) is 0 Å². The SMILES string of the molecule is CS(=O)(=O)c1ccc(NC(=O)c2csc(Nc3cccnc3)n2)cc1. The molecule has 0 unspecified atom stereocenters. The Morgan fingerprint density at radius 3 is 2.52 bits per heavy atom. The van der Waals surface area contributed by atoms with E-state index < -0.39 is 9.84 Å². The molecule has 1 amide bonds. The molecule has 0 saturated carbocycles. The highest BCUT2D eigenvalue weighted by Crippen LogP contribution is 2.21. The average molecular weight is 374 g/mol. The van der Waals surface area contributed by atoms with E-state index in [9.17, 15) is 13.2 Å². The Bertz CT molecular complexity index is 984. The van der Waals surface area contributed by atoms with E-state index >= 15 is 0 Å². The molecule has 2 heterocycles. The first-order valence-corrected chi connectivity index (χ1v) is 9.93. The second-order valence-electron chi connectivity index (χ2n) is 5.16. The summed E-state index contributed by atoms with van der Waals surface area (Å²) < 4.78 is 22.9. The number of aromatic nitrogens is 2. The number of pyridine rings is 1. The van der Waals surface area contributed by atoms with E-state index in [2.05, 4.69) is 20.6 Å². The van der Waals surface area contributed by atoms with Gasteiger partial charge in [-0.3, -0.25) is 9.78 Å². The maximum Gasteiger partial charge on any atom is 0.275 e. The van der Waals surface area contributed by atoms with Crippen LogP contribution in [-0.2, 0) is 9.84 Å². The molecule has 3 aromatic rings. The summed E-state index contributed by atoms with van der Waals surface area (Å²) in [6.07, 6.45) is 4.46. The summed E-state index contributed by atoms with van der Waals surface area (Å²) in [6.45, 7) is 0. The minimum atomic E-state index is -3.26. The third-order valence-electron chi connectivity index (χ3n) is 3.19. The van der Waals surface area contributed by atoms with Crippen molar-refractivity contribution in [3.05, 3.63) is 59.9 Å². The molecule has 3 rings (SSSR count). The van der Waals surface area contributed by atoms with Crippen molar-refractivity contribution in [1.82, 2.24) is 9.97 Å². The van der Waals surface area contributed by atoms with Crippen LogP contribution < -0.4 is 10.6 Å². The van der Waals surface area contributed by atoms with Gasteiger partial charge in [-0.05, 0) is 36.4 Å². The standard InChI is InChI=1S/C16H14N4O3S2/c1-25(22,23)13-6-4-11(5-7-13)18-15(21)14-10-24-16(20-14)19-12-3-2-8-17-9-12/h2-10H,1H3,(H,18,21)(H,19,20). The molecule has 0 aliphatic rings. The summed E-state index contributed by atoms with van der Waals surface area (Å²) in [7, 11) is -3.26. The van der Waals surface area contributed by atoms with Gasteiger partial charge in [-0.25, -0.2) is 13.4 Å². The zero-order valence-corrected chi connectivity index (χ0v) is 14.8. The highest BCUT2D eigenvalue weighted by molar-refractivity contribution is 7.90. The van der Waals surface area contributed by atoms with Crippen molar-refractivity contribution >= 4 is 43.6 Å². The van der Waals surface area contributed by atoms with E-state index in [0.29, 0.717) is 10.8 Å². The van der Waals surface area contributed by atoms with E-state index in [1.54, 1.807) is 23.8 Å². The normalized spacial score (nSPS) is 11.1. The smallest absolute Gasteiger partial charge is 0.275 e. The molecule has 128 valence electrons. The molecule has 0 fully saturated rings. The Kier molecular flexibility index (Phi) is 4.77. The molecule has 0 bridgehead atoms. The van der Waals surface area contributed by atoms with Crippen LogP contribution in [0.4, 0.5) is 16.5 Å². The first kappa shape index (κ1) is 17.1. The van der Waals surface area contributed by atoms with Crippen LogP contribution in [0.25, 0.3) is 0 Å². The third-order valence-corrected chi connectivity index (χ3v) is 5.08. The average Bonchev–Trinajstić information content (AvgIpc) is 3.04. The Hall–Kier alpha value is -2.78. The molecule has 0 saturated heterocycles. The number of carbonyl (C=O) groups is 1. The first-order chi connectivity index (χ1) is 11.9. The number of nitrogens with one attached hydrogen (secondary N) is 2. The maximum atomic E-state index is 12.2. The fraction of sp³-hybridized carbons (Fsp3) is 0.0625. The van der Waals surface area contributed by atoms with Crippen molar-refractivity contribution in [2.45, 2.75) is 4.90 Å². The summed E-state index contributed by atoms with van der Waals surface area (Å²) in [5, 5.41) is 7.96. The number of hydrogen-bond acceptors (Lipinski definition) is 7. The van der Waals surface area contributed by atoms with Crippen molar-refractivity contribution in [2.75, 3.05) is 16.9 Å². The monoisotopic (exact) mass is 374 g/mol. The van der Waals surface area contributed by atoms with Gasteiger partial charge in [-0.1, -0.05) is 0 Å². The van der Waals surface area contributed by atoms with Gasteiger partial charge in [0.1, 0.15) is 5.69 Å². The zero-order chi connectivity index (χ0) is 17.9. The number of benzene rings is 1. The van der Waals surface area contributed by atoms with Gasteiger partial charge >= 0.3 is 0 Å². The summed E-state index contributed by atoms with van der Waals surface area (Å²) >= 11 is 1.30. The fourth-order valence-corrected chi connectivity index (χ4v) is 3.32. The van der Waals surface area contributed by atoms with Crippen LogP contribution in [0.1, 0.15) is 10.5 Å². The number of hydrogen-bond donors (Lipinski definition) is 2. The number of anilines is 3. The molecular weight excluding hydrogens is 360 g/mol. The largest absolute Gasteiger partial charge is 0.330 e. The van der Waals surface area contributed by atoms with Crippen molar-refractivity contribution in [3.63, 3.8) is 0 Å². The Morgan fingerprint density at radius 1 is 1.12 bits per heavy atom. The number of amides is 1. The molecule has 7 nitrogen and oxygen atoms in total. The van der Waals surface area contributed by atoms with Crippen molar-refractivity contribution < 1.29 is 13.2 Å². The number of rotatable bonds is 5. The molecule has 0 aliphatic heterocycles. The van der Waals surface area contributed by atoms with Crippen LogP contribution in [0.2, 0.25) is 0 Å². The lowest BCUT2D eigenvalue weighted by atomic mass is 10.3. The van der Waals surface area contributed by atoms with Crippen molar-refractivity contribution in [1.29, 1.82) is 0 Å². The summed E-state index contributed by atoms with van der Waals surface area (Å²) in [5.41, 5.74) is 1.54. The Morgan fingerprint density at radius 2 is 1.88 bits per heavy atom. The number of thiazole rings is 1. The first-order valence-electron chi connectivity index (χ1n) is 7.16. The molecule has 1 aromatic carbocycles.